The van der Waals surface area contributed by atoms with Crippen LogP contribution in [0, 0.1) is 5.82 Å². The number of allylic oxidation sites excluding steroid dienone is 3. The van der Waals surface area contributed by atoms with Crippen molar-refractivity contribution in [1.29, 1.82) is 0 Å². The number of hydrogen-bond donors (Lipinski definition) is 1. The Morgan fingerprint density at radius 3 is 2.50 bits per heavy atom. The third-order valence-electron chi connectivity index (χ3n) is 7.79. The van der Waals surface area contributed by atoms with Gasteiger partial charge in [-0.1, -0.05) is 12.7 Å². The Balaban J connectivity index is 1.21. The highest BCUT2D eigenvalue weighted by Crippen LogP contribution is 2.34. The number of carbonyl (C=O) groups is 1. The first-order valence-corrected chi connectivity index (χ1v) is 13.6. The molecule has 0 aliphatic carbocycles. The minimum atomic E-state index is -0.258. The number of benzene rings is 1. The standard InChI is InChI=1S/C29H37FN6O2/c1-3-23(7-6-21(2)34-10-4-5-11-34)33-29(37)36-12-8-22(9-13-36)28-24-18-25(30)27(19-26(24)31-20-32-28)35-14-16-38-17-15-35/h3,6-7,18-20,22H,2,4-5,8-17H2,1H3,(H,33,37)/b7-6-,23-3+. The SMILES string of the molecule is C=C(/C=C\C(=C/C)NC(=O)N1CCC(c2ncnc3cc(N4CCOCC4)c(F)cc23)CC1)N1CCCC1. The Bertz CT molecular complexity index is 1230. The van der Waals surface area contributed by atoms with Crippen molar-refractivity contribution in [3.05, 3.63) is 66.2 Å². The van der Waals surface area contributed by atoms with E-state index in [0.717, 1.165) is 53.9 Å². The number of nitrogens with one attached hydrogen (secondary N) is 1. The van der Waals surface area contributed by atoms with E-state index in [9.17, 15) is 4.79 Å². The molecular weight excluding hydrogens is 483 g/mol. The Hall–Kier alpha value is -3.46. The molecule has 5 rings (SSSR count). The molecule has 3 aliphatic heterocycles. The van der Waals surface area contributed by atoms with Crippen molar-refractivity contribution in [2.75, 3.05) is 57.4 Å². The number of ether oxygens (including phenoxy) is 1. The van der Waals surface area contributed by atoms with Gasteiger partial charge in [-0.15, -0.1) is 0 Å². The monoisotopic (exact) mass is 520 g/mol. The summed E-state index contributed by atoms with van der Waals surface area (Å²) < 4.78 is 20.6. The summed E-state index contributed by atoms with van der Waals surface area (Å²) in [5, 5.41) is 3.78. The van der Waals surface area contributed by atoms with Crippen LogP contribution in [0.5, 0.6) is 0 Å². The molecule has 2 amide bonds. The van der Waals surface area contributed by atoms with Crippen molar-refractivity contribution in [3.8, 4) is 0 Å². The number of amides is 2. The maximum Gasteiger partial charge on any atom is 0.321 e. The van der Waals surface area contributed by atoms with Gasteiger partial charge in [0, 0.05) is 62.0 Å². The normalized spacial score (nSPS) is 19.5. The fourth-order valence-corrected chi connectivity index (χ4v) is 5.52. The minimum Gasteiger partial charge on any atom is -0.378 e. The van der Waals surface area contributed by atoms with Gasteiger partial charge in [-0.3, -0.25) is 0 Å². The van der Waals surface area contributed by atoms with E-state index in [1.165, 1.54) is 12.8 Å². The van der Waals surface area contributed by atoms with Gasteiger partial charge in [0.2, 0.25) is 0 Å². The number of rotatable bonds is 6. The molecule has 3 saturated heterocycles. The van der Waals surface area contributed by atoms with Gasteiger partial charge in [0.25, 0.3) is 0 Å². The largest absolute Gasteiger partial charge is 0.378 e. The third-order valence-corrected chi connectivity index (χ3v) is 7.79. The van der Waals surface area contributed by atoms with Crippen molar-refractivity contribution in [1.82, 2.24) is 25.1 Å². The lowest BCUT2D eigenvalue weighted by Crippen LogP contribution is -2.43. The van der Waals surface area contributed by atoms with Crippen LogP contribution < -0.4 is 10.2 Å². The van der Waals surface area contributed by atoms with E-state index >= 15 is 4.39 Å². The molecule has 0 unspecified atom stereocenters. The summed E-state index contributed by atoms with van der Waals surface area (Å²) in [7, 11) is 0. The first-order chi connectivity index (χ1) is 18.5. The lowest BCUT2D eigenvalue weighted by Gasteiger charge is -2.32. The average molecular weight is 521 g/mol. The molecule has 0 bridgehead atoms. The number of morpholine rings is 1. The Morgan fingerprint density at radius 2 is 1.79 bits per heavy atom. The molecule has 9 heteroatoms. The summed E-state index contributed by atoms with van der Waals surface area (Å²) in [5.74, 6) is -0.116. The Morgan fingerprint density at radius 1 is 1.05 bits per heavy atom. The molecular formula is C29H37FN6O2. The number of hydrogen-bond acceptors (Lipinski definition) is 6. The summed E-state index contributed by atoms with van der Waals surface area (Å²) in [6.07, 6.45) is 11.3. The van der Waals surface area contributed by atoms with Crippen molar-refractivity contribution in [3.63, 3.8) is 0 Å². The molecule has 202 valence electrons. The number of urea groups is 1. The number of carbonyl (C=O) groups excluding carboxylic acids is 1. The van der Waals surface area contributed by atoms with Gasteiger partial charge < -0.3 is 24.8 Å². The van der Waals surface area contributed by atoms with Crippen LogP contribution in [0.25, 0.3) is 10.9 Å². The van der Waals surface area contributed by atoms with Crippen LogP contribution in [0.1, 0.15) is 44.2 Å². The lowest BCUT2D eigenvalue weighted by atomic mass is 9.91. The first kappa shape index (κ1) is 26.2. The van der Waals surface area contributed by atoms with Crippen LogP contribution >= 0.6 is 0 Å². The quantitative estimate of drug-likeness (QED) is 0.563. The van der Waals surface area contributed by atoms with E-state index in [1.54, 1.807) is 12.4 Å². The van der Waals surface area contributed by atoms with Crippen molar-refractivity contribution in [2.45, 2.75) is 38.5 Å². The highest BCUT2D eigenvalue weighted by atomic mass is 19.1. The van der Waals surface area contributed by atoms with Crippen molar-refractivity contribution in [2.24, 2.45) is 0 Å². The predicted molar refractivity (Wildman–Crippen MR) is 147 cm³/mol. The number of aromatic nitrogens is 2. The van der Waals surface area contributed by atoms with Crippen LogP contribution in [0.15, 0.2) is 54.7 Å². The second kappa shape index (κ2) is 11.9. The molecule has 1 N–H and O–H groups in total. The molecule has 38 heavy (non-hydrogen) atoms. The molecule has 1 aromatic heterocycles. The topological polar surface area (TPSA) is 73.8 Å². The van der Waals surface area contributed by atoms with E-state index in [0.29, 0.717) is 45.1 Å². The zero-order chi connectivity index (χ0) is 26.5. The summed E-state index contributed by atoms with van der Waals surface area (Å²) in [6, 6.07) is 3.30. The van der Waals surface area contributed by atoms with E-state index in [4.69, 9.17) is 4.74 Å². The third kappa shape index (κ3) is 5.83. The summed E-state index contributed by atoms with van der Waals surface area (Å²) in [6.45, 7) is 11.9. The number of nitrogens with zero attached hydrogens (tertiary/aromatic N) is 5. The number of fused-ring (bicyclic) bond motifs is 1. The molecule has 0 atom stereocenters. The maximum atomic E-state index is 15.2. The van der Waals surface area contributed by atoms with Crippen LogP contribution in [0.2, 0.25) is 0 Å². The van der Waals surface area contributed by atoms with Gasteiger partial charge in [-0.25, -0.2) is 19.2 Å². The summed E-state index contributed by atoms with van der Waals surface area (Å²) in [4.78, 5) is 28.1. The van der Waals surface area contributed by atoms with Crippen LogP contribution in [0.3, 0.4) is 0 Å². The zero-order valence-electron chi connectivity index (χ0n) is 22.2. The number of likely N-dealkylation sites (tertiary alicyclic amines) is 2. The Labute approximate surface area is 223 Å². The highest BCUT2D eigenvalue weighted by molar-refractivity contribution is 5.85. The molecule has 4 heterocycles. The van der Waals surface area contributed by atoms with E-state index in [-0.39, 0.29) is 17.8 Å². The maximum absolute atomic E-state index is 15.2. The van der Waals surface area contributed by atoms with Crippen molar-refractivity contribution < 1.29 is 13.9 Å². The number of anilines is 1. The van der Waals surface area contributed by atoms with Crippen LogP contribution in [-0.2, 0) is 4.74 Å². The second-order valence-electron chi connectivity index (χ2n) is 10.1. The molecule has 0 spiro atoms. The lowest BCUT2D eigenvalue weighted by molar-refractivity contribution is 0.122. The van der Waals surface area contributed by atoms with Gasteiger partial charge in [-0.05, 0) is 56.9 Å². The molecule has 2 aromatic rings. The van der Waals surface area contributed by atoms with Crippen LogP contribution in [-0.4, -0.2) is 78.3 Å². The smallest absolute Gasteiger partial charge is 0.321 e. The number of piperidine rings is 1. The van der Waals surface area contributed by atoms with E-state index < -0.39 is 0 Å². The first-order valence-electron chi connectivity index (χ1n) is 13.6. The van der Waals surface area contributed by atoms with E-state index in [2.05, 4.69) is 26.8 Å². The molecule has 3 aliphatic rings. The van der Waals surface area contributed by atoms with Gasteiger partial charge in [0.15, 0.2) is 0 Å². The average Bonchev–Trinajstić information content (AvgIpc) is 3.50. The molecule has 0 radical (unpaired) electrons. The summed E-state index contributed by atoms with van der Waals surface area (Å²) in [5.41, 5.74) is 3.90. The van der Waals surface area contributed by atoms with Crippen LogP contribution in [0.4, 0.5) is 14.9 Å². The summed E-state index contributed by atoms with van der Waals surface area (Å²) >= 11 is 0. The Kier molecular flexibility index (Phi) is 8.22. The van der Waals surface area contributed by atoms with Gasteiger partial charge in [0.05, 0.1) is 30.1 Å². The molecule has 0 saturated carbocycles. The predicted octanol–water partition coefficient (Wildman–Crippen LogP) is 4.56. The van der Waals surface area contributed by atoms with Gasteiger partial charge in [-0.2, -0.15) is 0 Å². The minimum absolute atomic E-state index is 0.110. The highest BCUT2D eigenvalue weighted by Gasteiger charge is 2.27. The number of halogens is 1. The van der Waals surface area contributed by atoms with Gasteiger partial charge >= 0.3 is 6.03 Å². The zero-order valence-corrected chi connectivity index (χ0v) is 22.2. The van der Waals surface area contributed by atoms with E-state index in [1.807, 2.05) is 41.0 Å². The van der Waals surface area contributed by atoms with Crippen molar-refractivity contribution >= 4 is 22.6 Å². The van der Waals surface area contributed by atoms with Gasteiger partial charge in [0.1, 0.15) is 12.1 Å². The second-order valence-corrected chi connectivity index (χ2v) is 10.1. The molecule has 3 fully saturated rings. The fourth-order valence-electron chi connectivity index (χ4n) is 5.52. The fraction of sp³-hybridized carbons (Fsp3) is 0.483. The molecule has 8 nitrogen and oxygen atoms in total. The molecule has 1 aromatic carbocycles.